The van der Waals surface area contributed by atoms with Crippen LogP contribution >= 0.6 is 0 Å². The van der Waals surface area contributed by atoms with Gasteiger partial charge in [0.05, 0.1) is 5.69 Å². The first-order valence-electron chi connectivity index (χ1n) is 3.88. The fourth-order valence-corrected chi connectivity index (χ4v) is 2.85. The van der Waals surface area contributed by atoms with Gasteiger partial charge in [0, 0.05) is 12.4 Å². The number of pyridine rings is 1. The lowest BCUT2D eigenvalue weighted by molar-refractivity contribution is 0.595. The molecule has 1 aromatic heterocycles. The molecule has 0 radical (unpaired) electrons. The second-order valence-electron chi connectivity index (χ2n) is 2.91. The summed E-state index contributed by atoms with van der Waals surface area (Å²) < 4.78 is 48.4. The van der Waals surface area contributed by atoms with E-state index in [-0.39, 0.29) is 15.5 Å². The molecular weight excluding hydrogens is 256 g/mol. The summed E-state index contributed by atoms with van der Waals surface area (Å²) in [6.07, 6.45) is 2.85. The van der Waals surface area contributed by atoms with Crippen LogP contribution in [0.3, 0.4) is 0 Å². The van der Waals surface area contributed by atoms with Crippen LogP contribution in [0.5, 0.6) is 0 Å². The molecule has 10 heteroatoms. The lowest BCUT2D eigenvalue weighted by Gasteiger charge is -2.14. The van der Waals surface area contributed by atoms with Gasteiger partial charge < -0.3 is 5.32 Å². The van der Waals surface area contributed by atoms with Crippen molar-refractivity contribution < 1.29 is 16.8 Å². The van der Waals surface area contributed by atoms with E-state index in [0.29, 0.717) is 0 Å². The van der Waals surface area contributed by atoms with Crippen LogP contribution in [-0.4, -0.2) is 28.2 Å². The SMILES string of the molecule is NS(=O)(=O)c1cncc2c1NC=NS2(=O)=O. The summed E-state index contributed by atoms with van der Waals surface area (Å²) in [6.45, 7) is 0. The topological polar surface area (TPSA) is 132 Å². The maximum Gasteiger partial charge on any atom is 0.287 e. The van der Waals surface area contributed by atoms with Crippen LogP contribution in [0, 0.1) is 0 Å². The van der Waals surface area contributed by atoms with Crippen molar-refractivity contribution in [3.8, 4) is 0 Å². The van der Waals surface area contributed by atoms with E-state index in [9.17, 15) is 16.8 Å². The average Bonchev–Trinajstić information content (AvgIpc) is 2.15. The zero-order valence-corrected chi connectivity index (χ0v) is 9.29. The number of hydrogen-bond acceptors (Lipinski definition) is 6. The van der Waals surface area contributed by atoms with Crippen LogP contribution in [0.25, 0.3) is 0 Å². The molecule has 0 amide bonds. The molecule has 0 bridgehead atoms. The fourth-order valence-electron chi connectivity index (χ4n) is 1.19. The molecule has 16 heavy (non-hydrogen) atoms. The Hall–Kier alpha value is -1.52. The highest BCUT2D eigenvalue weighted by molar-refractivity contribution is 7.91. The van der Waals surface area contributed by atoms with E-state index in [1.54, 1.807) is 0 Å². The summed E-state index contributed by atoms with van der Waals surface area (Å²) in [7, 11) is -7.95. The lowest BCUT2D eigenvalue weighted by atomic mass is 10.4. The van der Waals surface area contributed by atoms with Gasteiger partial charge in [-0.3, -0.25) is 4.98 Å². The Balaban J connectivity index is 2.84. The van der Waals surface area contributed by atoms with E-state index in [0.717, 1.165) is 18.7 Å². The minimum Gasteiger partial charge on any atom is -0.343 e. The number of nitrogens with zero attached hydrogens (tertiary/aromatic N) is 2. The van der Waals surface area contributed by atoms with Gasteiger partial charge in [-0.15, -0.1) is 4.40 Å². The number of sulfonamides is 2. The first kappa shape index (κ1) is 11.0. The van der Waals surface area contributed by atoms with Gasteiger partial charge in [-0.25, -0.2) is 13.6 Å². The standard InChI is InChI=1S/C6H6N4O4S2/c7-15(11,12)4-1-8-2-5-6(4)9-3-10-16(5,13)14/h1-3H,(H,9,10)(H2,7,11,12). The molecule has 3 N–H and O–H groups in total. The van der Waals surface area contributed by atoms with Gasteiger partial charge in [-0.2, -0.15) is 8.42 Å². The summed E-state index contributed by atoms with van der Waals surface area (Å²) in [5.74, 6) is 0. The Labute approximate surface area is 91.3 Å². The minimum absolute atomic E-state index is 0.132. The molecule has 0 unspecified atom stereocenters. The number of nitrogens with one attached hydrogen (secondary N) is 1. The zero-order valence-electron chi connectivity index (χ0n) is 7.65. The number of anilines is 1. The summed E-state index contributed by atoms with van der Waals surface area (Å²) in [5, 5.41) is 7.35. The molecule has 86 valence electrons. The average molecular weight is 262 g/mol. The van der Waals surface area contributed by atoms with Crippen LogP contribution < -0.4 is 10.5 Å². The van der Waals surface area contributed by atoms with Crippen molar-refractivity contribution in [1.29, 1.82) is 0 Å². The molecule has 0 saturated carbocycles. The number of primary sulfonamides is 1. The molecule has 0 spiro atoms. The second kappa shape index (κ2) is 3.23. The molecule has 0 aliphatic carbocycles. The quantitative estimate of drug-likeness (QED) is 0.658. The van der Waals surface area contributed by atoms with Crippen molar-refractivity contribution in [3.05, 3.63) is 12.4 Å². The van der Waals surface area contributed by atoms with Gasteiger partial charge >= 0.3 is 0 Å². The maximum absolute atomic E-state index is 11.4. The third-order valence-electron chi connectivity index (χ3n) is 1.86. The van der Waals surface area contributed by atoms with E-state index in [4.69, 9.17) is 5.14 Å². The highest BCUT2D eigenvalue weighted by Gasteiger charge is 2.27. The van der Waals surface area contributed by atoms with Crippen LogP contribution in [0.2, 0.25) is 0 Å². The molecule has 1 aliphatic heterocycles. The molecule has 2 rings (SSSR count). The smallest absolute Gasteiger partial charge is 0.287 e. The summed E-state index contributed by atoms with van der Waals surface area (Å²) in [4.78, 5) is 2.80. The van der Waals surface area contributed by atoms with Crippen LogP contribution in [-0.2, 0) is 20.0 Å². The van der Waals surface area contributed by atoms with Crippen LogP contribution in [0.1, 0.15) is 0 Å². The summed E-state index contributed by atoms with van der Waals surface area (Å²) >= 11 is 0. The van der Waals surface area contributed by atoms with Crippen molar-refractivity contribution in [2.45, 2.75) is 9.79 Å². The third-order valence-corrected chi connectivity index (χ3v) is 4.03. The Morgan fingerprint density at radius 2 is 2.00 bits per heavy atom. The normalized spacial score (nSPS) is 17.6. The first-order chi connectivity index (χ1) is 7.32. The number of hydrogen-bond donors (Lipinski definition) is 2. The number of fused-ring (bicyclic) bond motifs is 1. The van der Waals surface area contributed by atoms with Crippen LogP contribution in [0.4, 0.5) is 5.69 Å². The monoisotopic (exact) mass is 262 g/mol. The maximum atomic E-state index is 11.4. The molecule has 0 saturated heterocycles. The first-order valence-corrected chi connectivity index (χ1v) is 6.87. The molecule has 0 fully saturated rings. The van der Waals surface area contributed by atoms with E-state index in [2.05, 4.69) is 14.7 Å². The van der Waals surface area contributed by atoms with E-state index >= 15 is 0 Å². The Kier molecular flexibility index (Phi) is 2.22. The predicted octanol–water partition coefficient (Wildman–Crippen LogP) is -1.13. The number of aromatic nitrogens is 1. The molecule has 2 heterocycles. The molecular formula is C6H6N4O4S2. The third kappa shape index (κ3) is 1.66. The predicted molar refractivity (Wildman–Crippen MR) is 54.9 cm³/mol. The van der Waals surface area contributed by atoms with Crippen molar-refractivity contribution >= 4 is 32.1 Å². The summed E-state index contributed by atoms with van der Waals surface area (Å²) in [6, 6.07) is 0. The van der Waals surface area contributed by atoms with Gasteiger partial charge in [0.25, 0.3) is 10.0 Å². The number of rotatable bonds is 1. The van der Waals surface area contributed by atoms with E-state index in [1.165, 1.54) is 0 Å². The van der Waals surface area contributed by atoms with Crippen LogP contribution in [0.15, 0.2) is 26.6 Å². The van der Waals surface area contributed by atoms with Gasteiger partial charge in [-0.1, -0.05) is 0 Å². The number of nitrogens with two attached hydrogens (primary N) is 1. The largest absolute Gasteiger partial charge is 0.343 e. The molecule has 0 atom stereocenters. The Morgan fingerprint density at radius 1 is 1.31 bits per heavy atom. The summed E-state index contributed by atoms with van der Waals surface area (Å²) in [5.41, 5.74) is -0.132. The van der Waals surface area contributed by atoms with Crippen molar-refractivity contribution in [3.63, 3.8) is 0 Å². The van der Waals surface area contributed by atoms with Crippen molar-refractivity contribution in [1.82, 2.24) is 4.98 Å². The van der Waals surface area contributed by atoms with Gasteiger partial charge in [-0.05, 0) is 0 Å². The van der Waals surface area contributed by atoms with Gasteiger partial charge in [0.15, 0.2) is 0 Å². The molecule has 1 aliphatic rings. The van der Waals surface area contributed by atoms with Gasteiger partial charge in [0.2, 0.25) is 10.0 Å². The second-order valence-corrected chi connectivity index (χ2v) is 6.04. The Morgan fingerprint density at radius 3 is 2.62 bits per heavy atom. The zero-order chi connectivity index (χ0) is 12.0. The molecule has 0 aromatic carbocycles. The molecule has 1 aromatic rings. The lowest BCUT2D eigenvalue weighted by Crippen LogP contribution is -2.19. The van der Waals surface area contributed by atoms with Crippen molar-refractivity contribution in [2.75, 3.05) is 5.32 Å². The highest BCUT2D eigenvalue weighted by Crippen LogP contribution is 2.29. The molecule has 8 nitrogen and oxygen atoms in total. The van der Waals surface area contributed by atoms with Gasteiger partial charge in [0.1, 0.15) is 16.1 Å². The fraction of sp³-hybridized carbons (Fsp3) is 0. The minimum atomic E-state index is -4.05. The van der Waals surface area contributed by atoms with E-state index < -0.39 is 20.0 Å². The Bertz CT molecular complexity index is 676. The van der Waals surface area contributed by atoms with E-state index in [1.807, 2.05) is 0 Å². The van der Waals surface area contributed by atoms with Crippen molar-refractivity contribution in [2.24, 2.45) is 9.54 Å². The highest BCUT2D eigenvalue weighted by atomic mass is 32.2.